The number of rotatable bonds is 3. The first kappa shape index (κ1) is 13.7. The molecule has 1 aromatic heterocycles. The topological polar surface area (TPSA) is 42.7 Å². The van der Waals surface area contributed by atoms with Gasteiger partial charge in [-0.25, -0.2) is 0 Å². The summed E-state index contributed by atoms with van der Waals surface area (Å²) < 4.78 is 2.22. The normalized spacial score (nSPS) is 14.7. The van der Waals surface area contributed by atoms with Gasteiger partial charge in [-0.3, -0.25) is 0 Å². The number of anilines is 1. The molecule has 0 spiro atoms. The fourth-order valence-corrected chi connectivity index (χ4v) is 2.84. The van der Waals surface area contributed by atoms with Gasteiger partial charge in [0.15, 0.2) is 5.82 Å². The lowest BCUT2D eigenvalue weighted by Gasteiger charge is -2.10. The van der Waals surface area contributed by atoms with Crippen molar-refractivity contribution in [2.45, 2.75) is 38.8 Å². The molecule has 0 saturated carbocycles. The Balaban J connectivity index is 1.75. The van der Waals surface area contributed by atoms with Crippen molar-refractivity contribution < 1.29 is 0 Å². The Labute approximate surface area is 128 Å². The Morgan fingerprint density at radius 3 is 2.95 bits per heavy atom. The van der Waals surface area contributed by atoms with Crippen LogP contribution in [0.4, 0.5) is 5.69 Å². The third kappa shape index (κ3) is 2.91. The molecule has 2 heterocycles. The van der Waals surface area contributed by atoms with Gasteiger partial charge < -0.3 is 9.88 Å². The first-order valence-electron chi connectivity index (χ1n) is 6.84. The van der Waals surface area contributed by atoms with Crippen LogP contribution in [0.3, 0.4) is 0 Å². The lowest BCUT2D eigenvalue weighted by molar-refractivity contribution is 0.610. The van der Waals surface area contributed by atoms with E-state index >= 15 is 0 Å². The molecule has 0 amide bonds. The van der Waals surface area contributed by atoms with Gasteiger partial charge in [0.05, 0.1) is 17.3 Å². The number of aryl methyl sites for hydroxylation is 1. The fraction of sp³-hybridized carbons (Fsp3) is 0.429. The highest BCUT2D eigenvalue weighted by molar-refractivity contribution is 6.35. The summed E-state index contributed by atoms with van der Waals surface area (Å²) in [5.41, 5.74) is 0.824. The fourth-order valence-electron chi connectivity index (χ4n) is 2.48. The van der Waals surface area contributed by atoms with Crippen LogP contribution >= 0.6 is 23.2 Å². The zero-order chi connectivity index (χ0) is 13.9. The van der Waals surface area contributed by atoms with Gasteiger partial charge in [0.2, 0.25) is 0 Å². The van der Waals surface area contributed by atoms with E-state index in [0.29, 0.717) is 16.6 Å². The summed E-state index contributed by atoms with van der Waals surface area (Å²) in [4.78, 5) is 0. The minimum Gasteiger partial charge on any atom is -0.376 e. The van der Waals surface area contributed by atoms with Crippen molar-refractivity contribution in [3.8, 4) is 0 Å². The number of fused-ring (bicyclic) bond motifs is 1. The zero-order valence-electron chi connectivity index (χ0n) is 11.1. The summed E-state index contributed by atoms with van der Waals surface area (Å²) in [6.45, 7) is 1.61. The highest BCUT2D eigenvalue weighted by Gasteiger charge is 2.14. The lowest BCUT2D eigenvalue weighted by atomic mass is 10.2. The molecule has 6 heteroatoms. The second-order valence-corrected chi connectivity index (χ2v) is 5.82. The van der Waals surface area contributed by atoms with E-state index in [9.17, 15) is 0 Å². The molecule has 1 aliphatic heterocycles. The van der Waals surface area contributed by atoms with Crippen LogP contribution in [0, 0.1) is 0 Å². The van der Waals surface area contributed by atoms with Gasteiger partial charge >= 0.3 is 0 Å². The van der Waals surface area contributed by atoms with E-state index < -0.39 is 0 Å². The van der Waals surface area contributed by atoms with Gasteiger partial charge in [-0.1, -0.05) is 29.6 Å². The molecule has 3 rings (SSSR count). The van der Waals surface area contributed by atoms with Crippen LogP contribution in [-0.2, 0) is 19.5 Å². The average Bonchev–Trinajstić information content (AvgIpc) is 2.68. The van der Waals surface area contributed by atoms with Crippen molar-refractivity contribution in [3.05, 3.63) is 39.9 Å². The highest BCUT2D eigenvalue weighted by atomic mass is 35.5. The highest BCUT2D eigenvalue weighted by Crippen LogP contribution is 2.26. The molecule has 0 radical (unpaired) electrons. The molecule has 0 aliphatic carbocycles. The van der Waals surface area contributed by atoms with E-state index in [-0.39, 0.29) is 0 Å². The van der Waals surface area contributed by atoms with Crippen LogP contribution in [0.15, 0.2) is 18.2 Å². The van der Waals surface area contributed by atoms with Crippen molar-refractivity contribution in [2.24, 2.45) is 0 Å². The smallest absolute Gasteiger partial charge is 0.152 e. The van der Waals surface area contributed by atoms with E-state index in [4.69, 9.17) is 23.2 Å². The van der Waals surface area contributed by atoms with Crippen LogP contribution < -0.4 is 5.32 Å². The lowest BCUT2D eigenvalue weighted by Crippen LogP contribution is -2.10. The standard InChI is InChI=1S/C14H16Cl2N4/c15-10-5-6-11(16)12(8-10)17-9-14-19-18-13-4-2-1-3-7-20(13)14/h5-6,8,17H,1-4,7,9H2. The number of benzene rings is 1. The van der Waals surface area contributed by atoms with Gasteiger partial charge in [-0.2, -0.15) is 0 Å². The largest absolute Gasteiger partial charge is 0.376 e. The summed E-state index contributed by atoms with van der Waals surface area (Å²) >= 11 is 12.1. The molecule has 1 aliphatic rings. The number of nitrogens with zero attached hydrogens (tertiary/aromatic N) is 3. The number of nitrogens with one attached hydrogen (secondary N) is 1. The first-order chi connectivity index (χ1) is 9.74. The summed E-state index contributed by atoms with van der Waals surface area (Å²) in [5.74, 6) is 2.05. The Bertz CT molecular complexity index is 609. The number of halogens is 2. The molecule has 0 fully saturated rings. The van der Waals surface area contributed by atoms with Crippen LogP contribution in [0.1, 0.15) is 30.9 Å². The third-order valence-electron chi connectivity index (χ3n) is 3.55. The molecular weight excluding hydrogens is 295 g/mol. The summed E-state index contributed by atoms with van der Waals surface area (Å²) in [6, 6.07) is 5.39. The minimum atomic E-state index is 0.604. The van der Waals surface area contributed by atoms with E-state index in [1.54, 1.807) is 12.1 Å². The van der Waals surface area contributed by atoms with E-state index in [0.717, 1.165) is 30.3 Å². The van der Waals surface area contributed by atoms with E-state index in [1.807, 2.05) is 6.07 Å². The Kier molecular flexibility index (Phi) is 4.13. The van der Waals surface area contributed by atoms with Gasteiger partial charge in [0, 0.05) is 18.0 Å². The van der Waals surface area contributed by atoms with Crippen LogP contribution in [-0.4, -0.2) is 14.8 Å². The SMILES string of the molecule is Clc1ccc(Cl)c(NCc2nnc3n2CCCCC3)c1. The maximum Gasteiger partial charge on any atom is 0.152 e. The predicted molar refractivity (Wildman–Crippen MR) is 81.4 cm³/mol. The van der Waals surface area contributed by atoms with Gasteiger partial charge in [0.1, 0.15) is 5.82 Å². The Hall–Kier alpha value is -1.26. The molecule has 1 N–H and O–H groups in total. The first-order valence-corrected chi connectivity index (χ1v) is 7.59. The quantitative estimate of drug-likeness (QED) is 0.934. The molecular formula is C14H16Cl2N4. The molecule has 4 nitrogen and oxygen atoms in total. The molecule has 0 unspecified atom stereocenters. The minimum absolute atomic E-state index is 0.604. The van der Waals surface area contributed by atoms with Crippen molar-refractivity contribution in [3.63, 3.8) is 0 Å². The van der Waals surface area contributed by atoms with Gasteiger partial charge in [-0.15, -0.1) is 10.2 Å². The molecule has 106 valence electrons. The Morgan fingerprint density at radius 1 is 1.15 bits per heavy atom. The van der Waals surface area contributed by atoms with Crippen molar-refractivity contribution in [1.82, 2.24) is 14.8 Å². The van der Waals surface area contributed by atoms with Crippen LogP contribution in [0.2, 0.25) is 10.0 Å². The van der Waals surface area contributed by atoms with Gasteiger partial charge in [0.25, 0.3) is 0 Å². The number of hydrogen-bond donors (Lipinski definition) is 1. The predicted octanol–water partition coefficient (Wildman–Crippen LogP) is 3.92. The maximum atomic E-state index is 6.14. The van der Waals surface area contributed by atoms with Gasteiger partial charge in [-0.05, 0) is 31.0 Å². The summed E-state index contributed by atoms with van der Waals surface area (Å²) in [7, 11) is 0. The molecule has 2 aromatic rings. The monoisotopic (exact) mass is 310 g/mol. The van der Waals surface area contributed by atoms with E-state index in [1.165, 1.54) is 19.3 Å². The van der Waals surface area contributed by atoms with Crippen molar-refractivity contribution in [1.29, 1.82) is 0 Å². The molecule has 0 saturated heterocycles. The number of hydrogen-bond acceptors (Lipinski definition) is 3. The van der Waals surface area contributed by atoms with Crippen molar-refractivity contribution in [2.75, 3.05) is 5.32 Å². The zero-order valence-corrected chi connectivity index (χ0v) is 12.6. The molecule has 0 bridgehead atoms. The second-order valence-electron chi connectivity index (χ2n) is 4.97. The molecule has 1 aromatic carbocycles. The average molecular weight is 311 g/mol. The maximum absolute atomic E-state index is 6.14. The van der Waals surface area contributed by atoms with Crippen LogP contribution in [0.25, 0.3) is 0 Å². The number of aromatic nitrogens is 3. The summed E-state index contributed by atoms with van der Waals surface area (Å²) in [6.07, 6.45) is 4.67. The summed E-state index contributed by atoms with van der Waals surface area (Å²) in [5, 5.41) is 13.2. The molecule has 0 atom stereocenters. The van der Waals surface area contributed by atoms with E-state index in [2.05, 4.69) is 20.1 Å². The van der Waals surface area contributed by atoms with Crippen LogP contribution in [0.5, 0.6) is 0 Å². The molecule has 20 heavy (non-hydrogen) atoms. The third-order valence-corrected chi connectivity index (χ3v) is 4.12. The van der Waals surface area contributed by atoms with Crippen molar-refractivity contribution >= 4 is 28.9 Å². The second kappa shape index (κ2) is 6.02. The Morgan fingerprint density at radius 2 is 2.05 bits per heavy atom.